The number of alkyl carbamates (subject to hydrolysis) is 1. The van der Waals surface area contributed by atoms with Crippen LogP contribution in [0.25, 0.3) is 0 Å². The monoisotopic (exact) mass is 588 g/mol. The molecule has 1 fully saturated rings. The second-order valence-corrected chi connectivity index (χ2v) is 10.8. The molecule has 2 aromatic carbocycles. The lowest BCUT2D eigenvalue weighted by Crippen LogP contribution is -2.34. The van der Waals surface area contributed by atoms with Gasteiger partial charge in [-0.05, 0) is 62.9 Å². The highest BCUT2D eigenvalue weighted by molar-refractivity contribution is 5.67. The molecule has 1 aliphatic heterocycles. The molecule has 0 bridgehead atoms. The molecule has 1 aromatic heterocycles. The van der Waals surface area contributed by atoms with Gasteiger partial charge in [-0.3, -0.25) is 0 Å². The zero-order valence-corrected chi connectivity index (χ0v) is 25.3. The van der Waals surface area contributed by atoms with E-state index in [2.05, 4.69) is 24.1 Å². The second-order valence-electron chi connectivity index (χ2n) is 10.8. The van der Waals surface area contributed by atoms with E-state index in [1.807, 2.05) is 81.4 Å². The molecule has 3 aromatic rings. The van der Waals surface area contributed by atoms with Gasteiger partial charge in [0.2, 0.25) is 5.88 Å². The van der Waals surface area contributed by atoms with Gasteiger partial charge in [0.1, 0.15) is 48.7 Å². The van der Waals surface area contributed by atoms with Crippen molar-refractivity contribution in [3.8, 4) is 29.2 Å². The molecule has 0 radical (unpaired) electrons. The largest absolute Gasteiger partial charge is 0.492 e. The molecular weight excluding hydrogens is 548 g/mol. The van der Waals surface area contributed by atoms with Gasteiger partial charge in [0, 0.05) is 17.2 Å². The van der Waals surface area contributed by atoms with E-state index in [4.69, 9.17) is 33.4 Å². The predicted molar refractivity (Wildman–Crippen MR) is 163 cm³/mol. The summed E-state index contributed by atoms with van der Waals surface area (Å²) in [5.74, 6) is 8.20. The number of rotatable bonds is 11. The number of carbonyl (C=O) groups excluding carboxylic acids is 1. The maximum absolute atomic E-state index is 11.8. The zero-order valence-electron chi connectivity index (χ0n) is 25.3. The molecule has 2 heterocycles. The standard InChI is InChI=1S/C34H40N2O7/c1-5-29-30(16-13-25-11-14-27(15-12-25)39-18-17-35-33(37)43-34(2,3)4)36-32(42-24-28-23-38-19-20-40-28)21-31(29)41-22-26-9-7-6-8-10-26/h6-12,14-15,21,28H,5,17-20,22-24H2,1-4H3,(H,35,37). The van der Waals surface area contributed by atoms with Crippen LogP contribution >= 0.6 is 0 Å². The zero-order chi connectivity index (χ0) is 30.5. The van der Waals surface area contributed by atoms with E-state index in [0.29, 0.717) is 75.7 Å². The van der Waals surface area contributed by atoms with Crippen molar-refractivity contribution in [1.29, 1.82) is 0 Å². The fraction of sp³-hybridized carbons (Fsp3) is 0.412. The molecule has 228 valence electrons. The van der Waals surface area contributed by atoms with Crippen LogP contribution < -0.4 is 19.5 Å². The van der Waals surface area contributed by atoms with Crippen LogP contribution in [-0.2, 0) is 27.2 Å². The van der Waals surface area contributed by atoms with E-state index in [9.17, 15) is 4.79 Å². The summed E-state index contributed by atoms with van der Waals surface area (Å²) in [6.45, 7) is 10.5. The number of hydrogen-bond donors (Lipinski definition) is 1. The van der Waals surface area contributed by atoms with Crippen LogP contribution in [0.15, 0.2) is 60.7 Å². The first-order valence-corrected chi connectivity index (χ1v) is 14.5. The van der Waals surface area contributed by atoms with Crippen LogP contribution in [0.3, 0.4) is 0 Å². The molecule has 0 saturated carbocycles. The summed E-state index contributed by atoms with van der Waals surface area (Å²) < 4.78 is 34.4. The number of ether oxygens (including phenoxy) is 6. The third-order valence-corrected chi connectivity index (χ3v) is 6.17. The van der Waals surface area contributed by atoms with Gasteiger partial charge in [-0.1, -0.05) is 43.2 Å². The van der Waals surface area contributed by atoms with Crippen molar-refractivity contribution in [3.05, 3.63) is 83.0 Å². The van der Waals surface area contributed by atoms with Gasteiger partial charge in [-0.25, -0.2) is 9.78 Å². The smallest absolute Gasteiger partial charge is 0.407 e. The summed E-state index contributed by atoms with van der Waals surface area (Å²) in [4.78, 5) is 16.5. The molecule has 43 heavy (non-hydrogen) atoms. The van der Waals surface area contributed by atoms with Gasteiger partial charge in [0.15, 0.2) is 0 Å². The summed E-state index contributed by atoms with van der Waals surface area (Å²) >= 11 is 0. The number of nitrogens with one attached hydrogen (secondary N) is 1. The van der Waals surface area contributed by atoms with Gasteiger partial charge in [-0.2, -0.15) is 0 Å². The topological polar surface area (TPSA) is 97.4 Å². The number of pyridine rings is 1. The fourth-order valence-corrected chi connectivity index (χ4v) is 4.12. The molecule has 1 amide bonds. The van der Waals surface area contributed by atoms with Crippen molar-refractivity contribution in [2.24, 2.45) is 0 Å². The summed E-state index contributed by atoms with van der Waals surface area (Å²) in [7, 11) is 0. The summed E-state index contributed by atoms with van der Waals surface area (Å²) in [6, 6.07) is 19.3. The van der Waals surface area contributed by atoms with Crippen molar-refractivity contribution in [2.45, 2.75) is 52.4 Å². The van der Waals surface area contributed by atoms with Gasteiger partial charge in [0.25, 0.3) is 0 Å². The van der Waals surface area contributed by atoms with Crippen LogP contribution in [0, 0.1) is 11.8 Å². The fourth-order valence-electron chi connectivity index (χ4n) is 4.12. The highest BCUT2D eigenvalue weighted by atomic mass is 16.6. The number of nitrogens with zero attached hydrogens (tertiary/aromatic N) is 1. The Balaban J connectivity index is 1.43. The number of hydrogen-bond acceptors (Lipinski definition) is 8. The van der Waals surface area contributed by atoms with Gasteiger partial charge in [-0.15, -0.1) is 0 Å². The van der Waals surface area contributed by atoms with Crippen molar-refractivity contribution in [1.82, 2.24) is 10.3 Å². The van der Waals surface area contributed by atoms with Crippen LogP contribution in [0.1, 0.15) is 50.1 Å². The Bertz CT molecular complexity index is 1370. The second kappa shape index (κ2) is 15.8. The molecule has 9 nitrogen and oxygen atoms in total. The summed E-state index contributed by atoms with van der Waals surface area (Å²) in [5.41, 5.74) is 2.82. The molecule has 9 heteroatoms. The minimum atomic E-state index is -0.542. The van der Waals surface area contributed by atoms with E-state index < -0.39 is 11.7 Å². The maximum Gasteiger partial charge on any atom is 0.407 e. The Hall–Kier alpha value is -4.26. The number of benzene rings is 2. The van der Waals surface area contributed by atoms with Gasteiger partial charge in [0.05, 0.1) is 26.4 Å². The number of carbonyl (C=O) groups is 1. The Morgan fingerprint density at radius 3 is 2.51 bits per heavy atom. The average molecular weight is 589 g/mol. The van der Waals surface area contributed by atoms with Crippen molar-refractivity contribution in [3.63, 3.8) is 0 Å². The first-order chi connectivity index (χ1) is 20.8. The van der Waals surface area contributed by atoms with E-state index in [1.54, 1.807) is 0 Å². The Morgan fingerprint density at radius 1 is 1.02 bits per heavy atom. The van der Waals surface area contributed by atoms with Crippen LogP contribution in [0.4, 0.5) is 4.79 Å². The molecule has 1 saturated heterocycles. The highest BCUT2D eigenvalue weighted by Gasteiger charge is 2.18. The van der Waals surface area contributed by atoms with Gasteiger partial charge < -0.3 is 33.7 Å². The van der Waals surface area contributed by atoms with Crippen LogP contribution in [0.2, 0.25) is 0 Å². The number of aromatic nitrogens is 1. The van der Waals surface area contributed by atoms with E-state index >= 15 is 0 Å². The SMILES string of the molecule is CCc1c(OCc2ccccc2)cc(OCC2COCCO2)nc1C#Cc1ccc(OCCNC(=O)OC(C)(C)C)cc1. The Labute approximate surface area is 253 Å². The quantitative estimate of drug-likeness (QED) is 0.238. The van der Waals surface area contributed by atoms with Crippen LogP contribution in [-0.4, -0.2) is 62.4 Å². The highest BCUT2D eigenvalue weighted by Crippen LogP contribution is 2.28. The van der Waals surface area contributed by atoms with Gasteiger partial charge >= 0.3 is 6.09 Å². The lowest BCUT2D eigenvalue weighted by molar-refractivity contribution is -0.102. The third kappa shape index (κ3) is 10.8. The van der Waals surface area contributed by atoms with Crippen molar-refractivity contribution < 1.29 is 33.2 Å². The Morgan fingerprint density at radius 2 is 1.81 bits per heavy atom. The molecule has 1 aliphatic rings. The summed E-state index contributed by atoms with van der Waals surface area (Å²) in [5, 5.41) is 2.68. The number of amides is 1. The molecular formula is C34H40N2O7. The molecule has 1 unspecified atom stereocenters. The molecule has 0 aliphatic carbocycles. The first kappa shape index (κ1) is 31.7. The van der Waals surface area contributed by atoms with Crippen LogP contribution in [0.5, 0.6) is 17.4 Å². The lowest BCUT2D eigenvalue weighted by Gasteiger charge is -2.23. The van der Waals surface area contributed by atoms with Crippen molar-refractivity contribution in [2.75, 3.05) is 39.6 Å². The third-order valence-electron chi connectivity index (χ3n) is 6.17. The Kier molecular flexibility index (Phi) is 11.7. The maximum atomic E-state index is 11.8. The minimum absolute atomic E-state index is 0.154. The van der Waals surface area contributed by atoms with E-state index in [-0.39, 0.29) is 6.10 Å². The molecule has 1 N–H and O–H groups in total. The van der Waals surface area contributed by atoms with E-state index in [0.717, 1.165) is 16.7 Å². The van der Waals surface area contributed by atoms with Crippen molar-refractivity contribution >= 4 is 6.09 Å². The molecule has 1 atom stereocenters. The molecule has 4 rings (SSSR count). The minimum Gasteiger partial charge on any atom is -0.492 e. The predicted octanol–water partition coefficient (Wildman–Crippen LogP) is 5.32. The lowest BCUT2D eigenvalue weighted by atomic mass is 10.1. The average Bonchev–Trinajstić information content (AvgIpc) is 3.00. The van der Waals surface area contributed by atoms with E-state index in [1.165, 1.54) is 0 Å². The summed E-state index contributed by atoms with van der Waals surface area (Å²) in [6.07, 6.45) is 0.0603. The first-order valence-electron chi connectivity index (χ1n) is 14.5. The molecule has 0 spiro atoms. The normalized spacial score (nSPS) is 14.7.